The third kappa shape index (κ3) is 3.43. The van der Waals surface area contributed by atoms with Crippen molar-refractivity contribution in [3.63, 3.8) is 0 Å². The summed E-state index contributed by atoms with van der Waals surface area (Å²) in [5.74, 6) is 0.231. The molecule has 2 aromatic heterocycles. The van der Waals surface area contributed by atoms with Gasteiger partial charge < -0.3 is 5.32 Å². The molecule has 1 N–H and O–H groups in total. The van der Waals surface area contributed by atoms with E-state index in [1.165, 1.54) is 11.0 Å². The number of aryl methyl sites for hydroxylation is 2. The van der Waals surface area contributed by atoms with E-state index in [0.29, 0.717) is 11.6 Å². The molecule has 0 atom stereocenters. The van der Waals surface area contributed by atoms with E-state index in [4.69, 9.17) is 11.6 Å². The molecule has 0 saturated carbocycles. The minimum atomic E-state index is -0.513. The van der Waals surface area contributed by atoms with Crippen LogP contribution in [0.4, 0.5) is 11.5 Å². The molecule has 25 heavy (non-hydrogen) atoms. The van der Waals surface area contributed by atoms with Gasteiger partial charge in [-0.15, -0.1) is 0 Å². The van der Waals surface area contributed by atoms with Gasteiger partial charge in [0.15, 0.2) is 0 Å². The van der Waals surface area contributed by atoms with Crippen LogP contribution in [0.5, 0.6) is 0 Å². The predicted octanol–water partition coefficient (Wildman–Crippen LogP) is 3.45. The van der Waals surface area contributed by atoms with Crippen LogP contribution in [0, 0.1) is 24.0 Å². The summed E-state index contributed by atoms with van der Waals surface area (Å²) < 4.78 is 1.44. The molecule has 0 spiro atoms. The molecule has 1 aromatic carbocycles. The lowest BCUT2D eigenvalue weighted by Crippen LogP contribution is -2.11. The Hall–Kier alpha value is -3.00. The Balaban J connectivity index is 2.00. The zero-order chi connectivity index (χ0) is 18.0. The molecule has 0 fully saturated rings. The number of halogens is 1. The van der Waals surface area contributed by atoms with Gasteiger partial charge in [-0.3, -0.25) is 10.1 Å². The Bertz CT molecular complexity index is 940. The Labute approximate surface area is 148 Å². The molecule has 9 heteroatoms. The molecule has 2 heterocycles. The van der Waals surface area contributed by atoms with Gasteiger partial charge >= 0.3 is 5.69 Å². The van der Waals surface area contributed by atoms with E-state index < -0.39 is 4.92 Å². The maximum absolute atomic E-state index is 11.6. The van der Waals surface area contributed by atoms with Crippen molar-refractivity contribution in [1.82, 2.24) is 19.7 Å². The van der Waals surface area contributed by atoms with Gasteiger partial charge in [-0.25, -0.2) is 14.6 Å². The molecule has 3 aromatic rings. The van der Waals surface area contributed by atoms with Gasteiger partial charge in [0, 0.05) is 17.3 Å². The van der Waals surface area contributed by atoms with Crippen LogP contribution in [0.3, 0.4) is 0 Å². The number of nitrogens with one attached hydrogen (secondary N) is 1. The van der Waals surface area contributed by atoms with Crippen molar-refractivity contribution in [3.8, 4) is 5.82 Å². The van der Waals surface area contributed by atoms with Crippen molar-refractivity contribution >= 4 is 23.1 Å². The molecular formula is C16H15ClN6O2. The highest BCUT2D eigenvalue weighted by Gasteiger charge is 2.25. The number of nitro groups is 1. The molecule has 0 amide bonds. The van der Waals surface area contributed by atoms with E-state index in [-0.39, 0.29) is 17.3 Å². The lowest BCUT2D eigenvalue weighted by molar-refractivity contribution is -0.384. The number of benzene rings is 1. The Morgan fingerprint density at radius 2 is 2.04 bits per heavy atom. The van der Waals surface area contributed by atoms with E-state index in [0.717, 1.165) is 17.0 Å². The molecule has 0 aliphatic heterocycles. The van der Waals surface area contributed by atoms with Crippen molar-refractivity contribution in [2.75, 3.05) is 5.32 Å². The van der Waals surface area contributed by atoms with Gasteiger partial charge in [0.1, 0.15) is 6.33 Å². The maximum Gasteiger partial charge on any atom is 0.355 e. The number of hydrogen-bond acceptors (Lipinski definition) is 6. The molecule has 0 unspecified atom stereocenters. The van der Waals surface area contributed by atoms with E-state index in [9.17, 15) is 10.1 Å². The SMILES string of the molecule is Cc1cc(C)n(-c2ncnc(NCc3ccccc3Cl)c2[N+](=O)[O-])n1. The van der Waals surface area contributed by atoms with Crippen LogP contribution < -0.4 is 5.32 Å². The average molecular weight is 359 g/mol. The minimum absolute atomic E-state index is 0.113. The van der Waals surface area contributed by atoms with Crippen molar-refractivity contribution in [2.24, 2.45) is 0 Å². The molecule has 0 saturated heterocycles. The third-order valence-electron chi connectivity index (χ3n) is 3.60. The monoisotopic (exact) mass is 358 g/mol. The number of aromatic nitrogens is 4. The first-order valence-corrected chi connectivity index (χ1v) is 7.85. The van der Waals surface area contributed by atoms with Crippen molar-refractivity contribution in [1.29, 1.82) is 0 Å². The summed E-state index contributed by atoms with van der Waals surface area (Å²) in [5, 5.41) is 19.4. The van der Waals surface area contributed by atoms with E-state index >= 15 is 0 Å². The molecule has 128 valence electrons. The largest absolute Gasteiger partial charge is 0.360 e. The van der Waals surface area contributed by atoms with Crippen LogP contribution >= 0.6 is 11.6 Å². The first-order chi connectivity index (χ1) is 12.0. The van der Waals surface area contributed by atoms with Gasteiger partial charge in [0.05, 0.1) is 10.6 Å². The van der Waals surface area contributed by atoms with E-state index in [1.54, 1.807) is 6.07 Å². The van der Waals surface area contributed by atoms with Crippen molar-refractivity contribution in [2.45, 2.75) is 20.4 Å². The van der Waals surface area contributed by atoms with Crippen LogP contribution in [-0.2, 0) is 6.54 Å². The van der Waals surface area contributed by atoms with Crippen molar-refractivity contribution < 1.29 is 4.92 Å². The second kappa shape index (κ2) is 6.86. The van der Waals surface area contributed by atoms with Crippen LogP contribution in [-0.4, -0.2) is 24.7 Å². The fourth-order valence-corrected chi connectivity index (χ4v) is 2.69. The van der Waals surface area contributed by atoms with E-state index in [1.807, 2.05) is 38.1 Å². The Kier molecular flexibility index (Phi) is 4.62. The first-order valence-electron chi connectivity index (χ1n) is 7.47. The third-order valence-corrected chi connectivity index (χ3v) is 3.97. The number of hydrogen-bond donors (Lipinski definition) is 1. The summed E-state index contributed by atoms with van der Waals surface area (Å²) in [6.45, 7) is 3.92. The van der Waals surface area contributed by atoms with Gasteiger partial charge in [-0.2, -0.15) is 5.10 Å². The molecule has 0 radical (unpaired) electrons. The first kappa shape index (κ1) is 16.8. The van der Waals surface area contributed by atoms with E-state index in [2.05, 4.69) is 20.4 Å². The summed E-state index contributed by atoms with van der Waals surface area (Å²) in [7, 11) is 0. The van der Waals surface area contributed by atoms with Crippen LogP contribution in [0.25, 0.3) is 5.82 Å². The van der Waals surface area contributed by atoms with Gasteiger partial charge in [-0.1, -0.05) is 29.8 Å². The lowest BCUT2D eigenvalue weighted by Gasteiger charge is -2.10. The summed E-state index contributed by atoms with van der Waals surface area (Å²) >= 11 is 6.12. The predicted molar refractivity (Wildman–Crippen MR) is 94.1 cm³/mol. The minimum Gasteiger partial charge on any atom is -0.360 e. The topological polar surface area (TPSA) is 98.8 Å². The van der Waals surface area contributed by atoms with Crippen LogP contribution in [0.1, 0.15) is 17.0 Å². The fourth-order valence-electron chi connectivity index (χ4n) is 2.49. The number of anilines is 1. The molecule has 0 aliphatic rings. The highest BCUT2D eigenvalue weighted by molar-refractivity contribution is 6.31. The second-order valence-corrected chi connectivity index (χ2v) is 5.84. The van der Waals surface area contributed by atoms with Gasteiger partial charge in [-0.05, 0) is 31.5 Å². The Morgan fingerprint density at radius 1 is 1.28 bits per heavy atom. The molecule has 3 rings (SSSR count). The number of nitrogens with zero attached hydrogens (tertiary/aromatic N) is 5. The highest BCUT2D eigenvalue weighted by Crippen LogP contribution is 2.29. The lowest BCUT2D eigenvalue weighted by atomic mass is 10.2. The number of rotatable bonds is 5. The molecule has 8 nitrogen and oxygen atoms in total. The van der Waals surface area contributed by atoms with Gasteiger partial charge in [0.25, 0.3) is 0 Å². The highest BCUT2D eigenvalue weighted by atomic mass is 35.5. The summed E-state index contributed by atoms with van der Waals surface area (Å²) in [5.41, 5.74) is 2.07. The zero-order valence-corrected chi connectivity index (χ0v) is 14.4. The fraction of sp³-hybridized carbons (Fsp3) is 0.188. The standard InChI is InChI=1S/C16H15ClN6O2/c1-10-7-11(2)22(21-10)16-14(23(24)25)15(19-9-20-16)18-8-12-5-3-4-6-13(12)17/h3-7,9H,8H2,1-2H3,(H,18,19,20). The molecule has 0 bridgehead atoms. The summed E-state index contributed by atoms with van der Waals surface area (Å²) in [4.78, 5) is 19.2. The zero-order valence-electron chi connectivity index (χ0n) is 13.6. The smallest absolute Gasteiger partial charge is 0.355 e. The van der Waals surface area contributed by atoms with Gasteiger partial charge in [0.2, 0.25) is 11.6 Å². The van der Waals surface area contributed by atoms with Crippen LogP contribution in [0.15, 0.2) is 36.7 Å². The normalized spacial score (nSPS) is 10.7. The summed E-state index contributed by atoms with van der Waals surface area (Å²) in [6, 6.07) is 9.08. The van der Waals surface area contributed by atoms with Crippen LogP contribution in [0.2, 0.25) is 5.02 Å². The van der Waals surface area contributed by atoms with Crippen molar-refractivity contribution in [3.05, 3.63) is 68.7 Å². The maximum atomic E-state index is 11.6. The molecule has 0 aliphatic carbocycles. The molecular weight excluding hydrogens is 344 g/mol. The Morgan fingerprint density at radius 3 is 2.68 bits per heavy atom. The second-order valence-electron chi connectivity index (χ2n) is 5.44. The summed E-state index contributed by atoms with van der Waals surface area (Å²) in [6.07, 6.45) is 1.27. The quantitative estimate of drug-likeness (QED) is 0.554. The average Bonchev–Trinajstić information content (AvgIpc) is 2.92.